The second kappa shape index (κ2) is 6.68. The highest BCUT2D eigenvalue weighted by molar-refractivity contribution is 5.56. The molecular weight excluding hydrogens is 240 g/mol. The average Bonchev–Trinajstić information content (AvgIpc) is 2.45. The number of nitrogen functional groups attached to an aromatic ring is 1. The van der Waals surface area contributed by atoms with Crippen LogP contribution in [-0.2, 0) is 6.42 Å². The zero-order chi connectivity index (χ0) is 13.7. The van der Waals surface area contributed by atoms with E-state index in [4.69, 9.17) is 5.84 Å². The molecule has 1 atom stereocenters. The highest BCUT2D eigenvalue weighted by Gasteiger charge is 2.19. The molecule has 0 aromatic carbocycles. The number of hydrogen-bond acceptors (Lipinski definition) is 6. The van der Waals surface area contributed by atoms with E-state index in [1.165, 1.54) is 25.8 Å². The van der Waals surface area contributed by atoms with E-state index in [1.807, 2.05) is 0 Å². The van der Waals surface area contributed by atoms with Crippen LogP contribution in [0.2, 0.25) is 0 Å². The van der Waals surface area contributed by atoms with E-state index in [-0.39, 0.29) is 0 Å². The first-order valence-corrected chi connectivity index (χ1v) is 7.00. The van der Waals surface area contributed by atoms with E-state index in [0.717, 1.165) is 24.3 Å². The lowest BCUT2D eigenvalue weighted by Crippen LogP contribution is -2.41. The summed E-state index contributed by atoms with van der Waals surface area (Å²) in [5.41, 5.74) is 3.68. The first-order valence-electron chi connectivity index (χ1n) is 7.00. The lowest BCUT2D eigenvalue weighted by Gasteiger charge is -2.32. The lowest BCUT2D eigenvalue weighted by molar-refractivity contribution is 0.194. The topological polar surface area (TPSA) is 79.1 Å². The number of rotatable bonds is 5. The van der Waals surface area contributed by atoms with Gasteiger partial charge in [-0.25, -0.2) is 15.8 Å². The second-order valence-electron chi connectivity index (χ2n) is 5.06. The van der Waals surface area contributed by atoms with E-state index in [9.17, 15) is 0 Å². The van der Waals surface area contributed by atoms with Gasteiger partial charge in [-0.05, 0) is 32.9 Å². The zero-order valence-electron chi connectivity index (χ0n) is 11.8. The number of hydrazine groups is 1. The van der Waals surface area contributed by atoms with Gasteiger partial charge in [-0.15, -0.1) is 0 Å². The van der Waals surface area contributed by atoms with Gasteiger partial charge in [-0.2, -0.15) is 0 Å². The number of nitrogens with two attached hydrogens (primary N) is 1. The van der Waals surface area contributed by atoms with Crippen LogP contribution < -0.4 is 16.6 Å². The van der Waals surface area contributed by atoms with Crippen molar-refractivity contribution in [3.05, 3.63) is 11.9 Å². The summed E-state index contributed by atoms with van der Waals surface area (Å²) in [7, 11) is 2.19. The van der Waals surface area contributed by atoms with Gasteiger partial charge in [0, 0.05) is 18.2 Å². The van der Waals surface area contributed by atoms with E-state index in [2.05, 4.69) is 39.6 Å². The van der Waals surface area contributed by atoms with Crippen LogP contribution in [0.5, 0.6) is 0 Å². The van der Waals surface area contributed by atoms with Crippen molar-refractivity contribution >= 4 is 11.6 Å². The van der Waals surface area contributed by atoms with Crippen LogP contribution in [0.4, 0.5) is 11.6 Å². The number of hydrogen-bond donors (Lipinski definition) is 3. The Morgan fingerprint density at radius 3 is 2.84 bits per heavy atom. The minimum absolute atomic E-state index is 0.586. The standard InChI is InChI=1S/C13H24N6/c1-3-11-12(16-9-17-13(11)18-14)15-8-10-6-4-5-7-19(10)2/h9-10H,3-8,14H2,1-2H3,(H2,15,16,17,18). The zero-order valence-corrected chi connectivity index (χ0v) is 11.8. The summed E-state index contributed by atoms with van der Waals surface area (Å²) in [6.07, 6.45) is 6.27. The Hall–Kier alpha value is -1.40. The van der Waals surface area contributed by atoms with E-state index >= 15 is 0 Å². The first-order chi connectivity index (χ1) is 9.26. The summed E-state index contributed by atoms with van der Waals surface area (Å²) < 4.78 is 0. The van der Waals surface area contributed by atoms with Crippen molar-refractivity contribution in [2.45, 2.75) is 38.6 Å². The molecule has 4 N–H and O–H groups in total. The van der Waals surface area contributed by atoms with Crippen molar-refractivity contribution in [2.24, 2.45) is 5.84 Å². The van der Waals surface area contributed by atoms with Crippen LogP contribution in [0.15, 0.2) is 6.33 Å². The Morgan fingerprint density at radius 1 is 1.37 bits per heavy atom. The molecule has 1 fully saturated rings. The van der Waals surface area contributed by atoms with Crippen LogP contribution in [0, 0.1) is 0 Å². The SMILES string of the molecule is CCc1c(NN)ncnc1NCC1CCCCN1C. The van der Waals surface area contributed by atoms with Gasteiger partial charge >= 0.3 is 0 Å². The summed E-state index contributed by atoms with van der Waals surface area (Å²) in [5, 5.41) is 3.45. The van der Waals surface area contributed by atoms with Crippen LogP contribution in [0.25, 0.3) is 0 Å². The van der Waals surface area contributed by atoms with Crippen molar-refractivity contribution in [1.29, 1.82) is 0 Å². The molecule has 1 aliphatic rings. The van der Waals surface area contributed by atoms with Crippen molar-refractivity contribution < 1.29 is 0 Å². The normalized spacial score (nSPS) is 20.3. The molecule has 6 nitrogen and oxygen atoms in total. The summed E-state index contributed by atoms with van der Waals surface area (Å²) >= 11 is 0. The molecule has 1 aromatic heterocycles. The fourth-order valence-electron chi connectivity index (χ4n) is 2.64. The van der Waals surface area contributed by atoms with Gasteiger partial charge in [0.25, 0.3) is 0 Å². The smallest absolute Gasteiger partial charge is 0.148 e. The molecule has 6 heteroatoms. The number of nitrogens with zero attached hydrogens (tertiary/aromatic N) is 3. The Morgan fingerprint density at radius 2 is 2.16 bits per heavy atom. The average molecular weight is 264 g/mol. The third-order valence-corrected chi connectivity index (χ3v) is 3.86. The molecule has 1 aliphatic heterocycles. The number of likely N-dealkylation sites (tertiary alicyclic amines) is 1. The van der Waals surface area contributed by atoms with Crippen molar-refractivity contribution in [2.75, 3.05) is 30.9 Å². The molecule has 0 radical (unpaired) electrons. The molecule has 0 aliphatic carbocycles. The third-order valence-electron chi connectivity index (χ3n) is 3.86. The molecule has 1 aromatic rings. The van der Waals surface area contributed by atoms with Gasteiger partial charge in [-0.3, -0.25) is 0 Å². The maximum Gasteiger partial charge on any atom is 0.148 e. The summed E-state index contributed by atoms with van der Waals surface area (Å²) in [6, 6.07) is 0.586. The third kappa shape index (κ3) is 3.33. The maximum atomic E-state index is 5.48. The molecule has 1 unspecified atom stereocenters. The molecule has 19 heavy (non-hydrogen) atoms. The molecule has 106 valence electrons. The minimum Gasteiger partial charge on any atom is -0.368 e. The van der Waals surface area contributed by atoms with E-state index < -0.39 is 0 Å². The van der Waals surface area contributed by atoms with Crippen LogP contribution in [0.1, 0.15) is 31.7 Å². The number of nitrogens with one attached hydrogen (secondary N) is 2. The monoisotopic (exact) mass is 264 g/mol. The van der Waals surface area contributed by atoms with Crippen molar-refractivity contribution in [3.8, 4) is 0 Å². The number of aromatic nitrogens is 2. The molecule has 0 spiro atoms. The number of piperidine rings is 1. The summed E-state index contributed by atoms with van der Waals surface area (Å²) in [4.78, 5) is 10.9. The van der Waals surface area contributed by atoms with E-state index in [1.54, 1.807) is 6.33 Å². The van der Waals surface area contributed by atoms with E-state index in [0.29, 0.717) is 11.9 Å². The van der Waals surface area contributed by atoms with Gasteiger partial charge in [-0.1, -0.05) is 13.3 Å². The van der Waals surface area contributed by atoms with Crippen LogP contribution >= 0.6 is 0 Å². The summed E-state index contributed by atoms with van der Waals surface area (Å²) in [5.74, 6) is 7.08. The molecule has 0 bridgehead atoms. The lowest BCUT2D eigenvalue weighted by atomic mass is 10.0. The largest absolute Gasteiger partial charge is 0.368 e. The fourth-order valence-corrected chi connectivity index (χ4v) is 2.64. The predicted molar refractivity (Wildman–Crippen MR) is 78.0 cm³/mol. The first kappa shape index (κ1) is 14.0. The number of likely N-dealkylation sites (N-methyl/N-ethyl adjacent to an activating group) is 1. The van der Waals surface area contributed by atoms with Gasteiger partial charge in [0.05, 0.1) is 0 Å². The molecule has 0 amide bonds. The molecular formula is C13H24N6. The highest BCUT2D eigenvalue weighted by Crippen LogP contribution is 2.21. The van der Waals surface area contributed by atoms with Crippen molar-refractivity contribution in [3.63, 3.8) is 0 Å². The van der Waals surface area contributed by atoms with Gasteiger partial charge in [0.1, 0.15) is 18.0 Å². The van der Waals surface area contributed by atoms with Crippen molar-refractivity contribution in [1.82, 2.24) is 14.9 Å². The quantitative estimate of drug-likeness (QED) is 0.548. The Bertz CT molecular complexity index is 408. The van der Waals surface area contributed by atoms with Crippen LogP contribution in [0.3, 0.4) is 0 Å². The molecule has 0 saturated carbocycles. The van der Waals surface area contributed by atoms with Gasteiger partial charge in [0.2, 0.25) is 0 Å². The summed E-state index contributed by atoms with van der Waals surface area (Å²) in [6.45, 7) is 4.19. The molecule has 2 heterocycles. The second-order valence-corrected chi connectivity index (χ2v) is 5.06. The predicted octanol–water partition coefficient (Wildman–Crippen LogP) is 1.22. The van der Waals surface area contributed by atoms with Gasteiger partial charge in [0.15, 0.2) is 0 Å². The van der Waals surface area contributed by atoms with Gasteiger partial charge < -0.3 is 15.6 Å². The Balaban J connectivity index is 2.02. The highest BCUT2D eigenvalue weighted by atomic mass is 15.3. The maximum absolute atomic E-state index is 5.48. The fraction of sp³-hybridized carbons (Fsp3) is 0.692. The number of anilines is 2. The van der Waals surface area contributed by atoms with Crippen LogP contribution in [-0.4, -0.2) is 41.0 Å². The Labute approximate surface area is 114 Å². The Kier molecular flexibility index (Phi) is 4.93. The minimum atomic E-state index is 0.586. The molecule has 2 rings (SSSR count). The molecule has 1 saturated heterocycles.